The van der Waals surface area contributed by atoms with Gasteiger partial charge in [0.15, 0.2) is 0 Å². The summed E-state index contributed by atoms with van der Waals surface area (Å²) in [6, 6.07) is 0. The summed E-state index contributed by atoms with van der Waals surface area (Å²) in [6.07, 6.45) is 5.12. The summed E-state index contributed by atoms with van der Waals surface area (Å²) < 4.78 is 0. The Morgan fingerprint density at radius 2 is 1.72 bits per heavy atom. The zero-order valence-electron chi connectivity index (χ0n) is 11.8. The largest absolute Gasteiger partial charge is 0.287 e. The molecule has 0 fully saturated rings. The first-order chi connectivity index (χ1) is 8.76. The highest BCUT2D eigenvalue weighted by Crippen LogP contribution is 2.12. The lowest BCUT2D eigenvalue weighted by Crippen LogP contribution is -2.66. The van der Waals surface area contributed by atoms with Gasteiger partial charge in [0.2, 0.25) is 0 Å². The van der Waals surface area contributed by atoms with Gasteiger partial charge >= 0.3 is 0 Å². The molecule has 3 N–H and O–H groups in total. The molecule has 4 nitrogen and oxygen atoms in total. The summed E-state index contributed by atoms with van der Waals surface area (Å²) >= 11 is 1.74. The average Bonchev–Trinajstić information content (AvgIpc) is 2.83. The van der Waals surface area contributed by atoms with Crippen LogP contribution in [-0.2, 0) is 6.42 Å². The maximum Gasteiger partial charge on any atom is 0.123 e. The highest BCUT2D eigenvalue weighted by molar-refractivity contribution is 7.09. The van der Waals surface area contributed by atoms with E-state index >= 15 is 0 Å². The van der Waals surface area contributed by atoms with Crippen LogP contribution in [0.1, 0.15) is 38.6 Å². The standard InChI is InChI=1S/C13H26N4S/c1-4-15-13(16-5-2,17-6-3)9-7-8-12-14-10-11-18-12/h10-11,15-17H,4-9H2,1-3H3. The molecular formula is C13H26N4S. The molecule has 0 aliphatic rings. The van der Waals surface area contributed by atoms with Crippen molar-refractivity contribution in [3.05, 3.63) is 16.6 Å². The van der Waals surface area contributed by atoms with Gasteiger partial charge < -0.3 is 0 Å². The van der Waals surface area contributed by atoms with E-state index in [9.17, 15) is 0 Å². The van der Waals surface area contributed by atoms with Gasteiger partial charge in [0.05, 0.1) is 5.01 Å². The van der Waals surface area contributed by atoms with Crippen LogP contribution in [0, 0.1) is 0 Å². The molecule has 1 heterocycles. The van der Waals surface area contributed by atoms with E-state index in [2.05, 4.69) is 41.7 Å². The predicted molar refractivity (Wildman–Crippen MR) is 78.8 cm³/mol. The van der Waals surface area contributed by atoms with Gasteiger partial charge in [-0.15, -0.1) is 11.3 Å². The summed E-state index contributed by atoms with van der Waals surface area (Å²) in [5.41, 5.74) is 0. The van der Waals surface area contributed by atoms with E-state index in [1.54, 1.807) is 11.3 Å². The fourth-order valence-corrected chi connectivity index (χ4v) is 2.90. The van der Waals surface area contributed by atoms with Crippen molar-refractivity contribution in [2.75, 3.05) is 19.6 Å². The fourth-order valence-electron chi connectivity index (χ4n) is 2.24. The lowest BCUT2D eigenvalue weighted by Gasteiger charge is -2.36. The number of hydrogen-bond acceptors (Lipinski definition) is 5. The molecule has 0 aliphatic heterocycles. The van der Waals surface area contributed by atoms with Crippen molar-refractivity contribution in [1.82, 2.24) is 20.9 Å². The van der Waals surface area contributed by atoms with Crippen LogP contribution >= 0.6 is 11.3 Å². The summed E-state index contributed by atoms with van der Waals surface area (Å²) in [5, 5.41) is 13.9. The second kappa shape index (κ2) is 8.58. The van der Waals surface area contributed by atoms with Gasteiger partial charge in [-0.3, -0.25) is 16.0 Å². The third-order valence-corrected chi connectivity index (χ3v) is 3.70. The number of nitrogens with one attached hydrogen (secondary N) is 3. The highest BCUT2D eigenvalue weighted by Gasteiger charge is 2.25. The topological polar surface area (TPSA) is 49.0 Å². The van der Waals surface area contributed by atoms with Gasteiger partial charge in [0.25, 0.3) is 0 Å². The minimum absolute atomic E-state index is 0.129. The van der Waals surface area contributed by atoms with E-state index in [-0.39, 0.29) is 5.79 Å². The van der Waals surface area contributed by atoms with Gasteiger partial charge in [-0.2, -0.15) is 0 Å². The van der Waals surface area contributed by atoms with Crippen LogP contribution in [0.25, 0.3) is 0 Å². The first-order valence-electron chi connectivity index (χ1n) is 6.89. The normalized spacial score (nSPS) is 11.9. The van der Waals surface area contributed by atoms with E-state index < -0.39 is 0 Å². The Bertz CT molecular complexity index is 283. The maximum atomic E-state index is 4.33. The monoisotopic (exact) mass is 270 g/mol. The number of thiazole rings is 1. The molecule has 0 atom stereocenters. The Balaban J connectivity index is 2.47. The molecule has 1 rings (SSSR count). The lowest BCUT2D eigenvalue weighted by molar-refractivity contribution is 0.188. The molecule has 0 spiro atoms. The smallest absolute Gasteiger partial charge is 0.123 e. The molecular weight excluding hydrogens is 244 g/mol. The number of rotatable bonds is 10. The number of aromatic nitrogens is 1. The zero-order valence-corrected chi connectivity index (χ0v) is 12.6. The average molecular weight is 270 g/mol. The molecule has 5 heteroatoms. The van der Waals surface area contributed by atoms with Crippen molar-refractivity contribution in [2.24, 2.45) is 0 Å². The summed E-state index contributed by atoms with van der Waals surface area (Å²) in [7, 11) is 0. The number of hydrogen-bond donors (Lipinski definition) is 3. The third-order valence-electron chi connectivity index (χ3n) is 2.86. The summed E-state index contributed by atoms with van der Waals surface area (Å²) in [6.45, 7) is 9.30. The van der Waals surface area contributed by atoms with Gasteiger partial charge in [-0.05, 0) is 38.9 Å². The first kappa shape index (κ1) is 15.6. The Morgan fingerprint density at radius 3 is 2.17 bits per heavy atom. The predicted octanol–water partition coefficient (Wildman–Crippen LogP) is 1.95. The molecule has 0 amide bonds. The molecule has 0 aromatic carbocycles. The molecule has 1 aromatic heterocycles. The van der Waals surface area contributed by atoms with Crippen molar-refractivity contribution in [1.29, 1.82) is 0 Å². The van der Waals surface area contributed by atoms with E-state index in [4.69, 9.17) is 0 Å². The van der Waals surface area contributed by atoms with Crippen LogP contribution < -0.4 is 16.0 Å². The van der Waals surface area contributed by atoms with Gasteiger partial charge in [0.1, 0.15) is 5.79 Å². The second-order valence-electron chi connectivity index (χ2n) is 4.28. The molecule has 18 heavy (non-hydrogen) atoms. The maximum absolute atomic E-state index is 4.33. The molecule has 0 bridgehead atoms. The van der Waals surface area contributed by atoms with Crippen LogP contribution in [0.2, 0.25) is 0 Å². The molecule has 1 aromatic rings. The van der Waals surface area contributed by atoms with E-state index in [1.165, 1.54) is 5.01 Å². The van der Waals surface area contributed by atoms with Crippen molar-refractivity contribution in [3.8, 4) is 0 Å². The molecule has 0 saturated carbocycles. The minimum Gasteiger partial charge on any atom is -0.287 e. The van der Waals surface area contributed by atoms with Gasteiger partial charge in [0, 0.05) is 11.6 Å². The minimum atomic E-state index is -0.129. The lowest BCUT2D eigenvalue weighted by atomic mass is 10.1. The molecule has 0 radical (unpaired) electrons. The van der Waals surface area contributed by atoms with Crippen LogP contribution in [-0.4, -0.2) is 30.4 Å². The van der Waals surface area contributed by atoms with Crippen molar-refractivity contribution >= 4 is 11.3 Å². The zero-order chi connectivity index (χ0) is 13.3. The summed E-state index contributed by atoms with van der Waals surface area (Å²) in [5.74, 6) is -0.129. The SMILES string of the molecule is CCNC(CCCc1nccs1)(NCC)NCC. The van der Waals surface area contributed by atoms with Crippen LogP contribution in [0.3, 0.4) is 0 Å². The molecule has 104 valence electrons. The molecule has 0 unspecified atom stereocenters. The third kappa shape index (κ3) is 5.02. The fraction of sp³-hybridized carbons (Fsp3) is 0.769. The van der Waals surface area contributed by atoms with Crippen LogP contribution in [0.15, 0.2) is 11.6 Å². The Labute approximate surface area is 115 Å². The molecule has 0 aliphatic carbocycles. The quantitative estimate of drug-likeness (QED) is 0.569. The Morgan fingerprint density at radius 1 is 1.11 bits per heavy atom. The number of nitrogens with zero attached hydrogens (tertiary/aromatic N) is 1. The van der Waals surface area contributed by atoms with Crippen molar-refractivity contribution in [3.63, 3.8) is 0 Å². The van der Waals surface area contributed by atoms with E-state index in [0.717, 1.165) is 38.9 Å². The summed E-state index contributed by atoms with van der Waals surface area (Å²) in [4.78, 5) is 4.33. The van der Waals surface area contributed by atoms with Crippen molar-refractivity contribution < 1.29 is 0 Å². The van der Waals surface area contributed by atoms with Crippen LogP contribution in [0.4, 0.5) is 0 Å². The second-order valence-corrected chi connectivity index (χ2v) is 5.25. The Hall–Kier alpha value is -0.490. The number of aryl methyl sites for hydroxylation is 1. The van der Waals surface area contributed by atoms with E-state index in [0.29, 0.717) is 0 Å². The Kier molecular flexibility index (Phi) is 7.42. The van der Waals surface area contributed by atoms with Crippen LogP contribution in [0.5, 0.6) is 0 Å². The highest BCUT2D eigenvalue weighted by atomic mass is 32.1. The van der Waals surface area contributed by atoms with Gasteiger partial charge in [-0.25, -0.2) is 4.98 Å². The van der Waals surface area contributed by atoms with Gasteiger partial charge in [-0.1, -0.05) is 20.8 Å². The van der Waals surface area contributed by atoms with Crippen molar-refractivity contribution in [2.45, 2.75) is 45.8 Å². The molecule has 0 saturated heterocycles. The first-order valence-corrected chi connectivity index (χ1v) is 7.77. The van der Waals surface area contributed by atoms with E-state index in [1.807, 2.05) is 11.6 Å².